The van der Waals surface area contributed by atoms with Crippen LogP contribution in [-0.4, -0.2) is 31.0 Å². The number of carboxylic acid groups (broad SMARTS) is 1. The summed E-state index contributed by atoms with van der Waals surface area (Å²) in [6, 6.07) is 7.16. The minimum absolute atomic E-state index is 0.127. The minimum atomic E-state index is -0.948. The van der Waals surface area contributed by atoms with E-state index in [0.29, 0.717) is 5.56 Å². The van der Waals surface area contributed by atoms with Gasteiger partial charge in [0.25, 0.3) is 0 Å². The third-order valence-corrected chi connectivity index (χ3v) is 2.60. The first-order valence-corrected chi connectivity index (χ1v) is 5.45. The molecule has 0 fully saturated rings. The standard InChI is InChI=1S/C13H17NO3/c1-9(8-12(15)16)13(17)10-4-6-11(7-5-10)14(2)3/h4-7,9H,8H2,1-3H3,(H,15,16)/t9-/m1/s1. The van der Waals surface area contributed by atoms with E-state index in [4.69, 9.17) is 5.11 Å². The van der Waals surface area contributed by atoms with E-state index in [2.05, 4.69) is 0 Å². The molecule has 1 aromatic carbocycles. The van der Waals surface area contributed by atoms with Gasteiger partial charge in [-0.25, -0.2) is 0 Å². The Morgan fingerprint density at radius 1 is 1.24 bits per heavy atom. The van der Waals surface area contributed by atoms with Gasteiger partial charge >= 0.3 is 5.97 Å². The smallest absolute Gasteiger partial charge is 0.304 e. The quantitative estimate of drug-likeness (QED) is 0.793. The summed E-state index contributed by atoms with van der Waals surface area (Å²) >= 11 is 0. The number of nitrogens with zero attached hydrogens (tertiary/aromatic N) is 1. The highest BCUT2D eigenvalue weighted by atomic mass is 16.4. The lowest BCUT2D eigenvalue weighted by Crippen LogP contribution is -2.15. The molecule has 4 heteroatoms. The van der Waals surface area contributed by atoms with Gasteiger partial charge in [-0.3, -0.25) is 9.59 Å². The molecule has 1 rings (SSSR count). The Labute approximate surface area is 101 Å². The van der Waals surface area contributed by atoms with Gasteiger partial charge in [0.2, 0.25) is 0 Å². The lowest BCUT2D eigenvalue weighted by atomic mass is 9.96. The third kappa shape index (κ3) is 3.59. The van der Waals surface area contributed by atoms with Crippen molar-refractivity contribution >= 4 is 17.4 Å². The Kier molecular flexibility index (Phi) is 4.26. The van der Waals surface area contributed by atoms with Crippen LogP contribution in [0.4, 0.5) is 5.69 Å². The van der Waals surface area contributed by atoms with Crippen LogP contribution in [0.2, 0.25) is 0 Å². The molecule has 0 aromatic heterocycles. The molecule has 0 amide bonds. The maximum Gasteiger partial charge on any atom is 0.304 e. The van der Waals surface area contributed by atoms with Crippen LogP contribution in [0.3, 0.4) is 0 Å². The van der Waals surface area contributed by atoms with Crippen molar-refractivity contribution in [3.63, 3.8) is 0 Å². The second-order valence-corrected chi connectivity index (χ2v) is 4.30. The van der Waals surface area contributed by atoms with E-state index in [0.717, 1.165) is 5.69 Å². The molecule has 0 saturated carbocycles. The molecule has 0 unspecified atom stereocenters. The average Bonchev–Trinajstić information content (AvgIpc) is 2.27. The normalized spacial score (nSPS) is 11.9. The van der Waals surface area contributed by atoms with Crippen molar-refractivity contribution in [2.45, 2.75) is 13.3 Å². The molecule has 0 saturated heterocycles. The molecular formula is C13H17NO3. The van der Waals surface area contributed by atoms with Crippen LogP contribution in [-0.2, 0) is 4.79 Å². The highest BCUT2D eigenvalue weighted by molar-refractivity contribution is 5.99. The number of ketones is 1. The number of hydrogen-bond acceptors (Lipinski definition) is 3. The molecule has 0 heterocycles. The van der Waals surface area contributed by atoms with Gasteiger partial charge in [-0.05, 0) is 24.3 Å². The van der Waals surface area contributed by atoms with Gasteiger partial charge in [-0.15, -0.1) is 0 Å². The zero-order valence-corrected chi connectivity index (χ0v) is 10.3. The number of Topliss-reactive ketones (excluding diaryl/α,β-unsaturated/α-hetero) is 1. The van der Waals surface area contributed by atoms with E-state index in [1.165, 1.54) is 0 Å². The average molecular weight is 235 g/mol. The molecule has 1 aromatic rings. The van der Waals surface area contributed by atoms with E-state index >= 15 is 0 Å². The van der Waals surface area contributed by atoms with Crippen LogP contribution in [0.1, 0.15) is 23.7 Å². The zero-order chi connectivity index (χ0) is 13.0. The second-order valence-electron chi connectivity index (χ2n) is 4.30. The Bertz CT molecular complexity index is 409. The minimum Gasteiger partial charge on any atom is -0.481 e. The number of carbonyl (C=O) groups is 2. The van der Waals surface area contributed by atoms with Gasteiger partial charge in [-0.2, -0.15) is 0 Å². The van der Waals surface area contributed by atoms with Crippen LogP contribution in [0.5, 0.6) is 0 Å². The number of aliphatic carboxylic acids is 1. The first kappa shape index (κ1) is 13.2. The molecule has 0 aliphatic heterocycles. The monoisotopic (exact) mass is 235 g/mol. The van der Waals surface area contributed by atoms with Gasteiger partial charge in [0.1, 0.15) is 0 Å². The number of hydrogen-bond donors (Lipinski definition) is 1. The molecule has 0 aliphatic rings. The van der Waals surface area contributed by atoms with Crippen molar-refractivity contribution in [2.24, 2.45) is 5.92 Å². The van der Waals surface area contributed by atoms with Gasteiger partial charge < -0.3 is 10.0 Å². The predicted octanol–water partition coefficient (Wildman–Crippen LogP) is 2.05. The second kappa shape index (κ2) is 5.48. The van der Waals surface area contributed by atoms with E-state index in [9.17, 15) is 9.59 Å². The van der Waals surface area contributed by atoms with Gasteiger partial charge in [0, 0.05) is 31.3 Å². The van der Waals surface area contributed by atoms with Gasteiger partial charge in [0.15, 0.2) is 5.78 Å². The zero-order valence-electron chi connectivity index (χ0n) is 10.3. The largest absolute Gasteiger partial charge is 0.481 e. The highest BCUT2D eigenvalue weighted by Crippen LogP contribution is 2.16. The maximum atomic E-state index is 11.9. The van der Waals surface area contributed by atoms with Crippen molar-refractivity contribution in [1.82, 2.24) is 0 Å². The molecule has 4 nitrogen and oxygen atoms in total. The van der Waals surface area contributed by atoms with Crippen LogP contribution in [0, 0.1) is 5.92 Å². The molecule has 0 aliphatic carbocycles. The van der Waals surface area contributed by atoms with Crippen LogP contribution < -0.4 is 4.90 Å². The number of carbonyl (C=O) groups excluding carboxylic acids is 1. The summed E-state index contributed by atoms with van der Waals surface area (Å²) in [5, 5.41) is 8.64. The van der Waals surface area contributed by atoms with Crippen LogP contribution >= 0.6 is 0 Å². The van der Waals surface area contributed by atoms with Crippen molar-refractivity contribution in [3.8, 4) is 0 Å². The lowest BCUT2D eigenvalue weighted by Gasteiger charge is -2.13. The van der Waals surface area contributed by atoms with E-state index in [1.54, 1.807) is 19.1 Å². The highest BCUT2D eigenvalue weighted by Gasteiger charge is 2.18. The lowest BCUT2D eigenvalue weighted by molar-refractivity contribution is -0.137. The molecule has 0 radical (unpaired) electrons. The fourth-order valence-electron chi connectivity index (χ4n) is 1.56. The number of benzene rings is 1. The molecule has 92 valence electrons. The van der Waals surface area contributed by atoms with Crippen molar-refractivity contribution in [2.75, 3.05) is 19.0 Å². The number of rotatable bonds is 5. The van der Waals surface area contributed by atoms with E-state index in [1.807, 2.05) is 31.1 Å². The van der Waals surface area contributed by atoms with Gasteiger partial charge in [-0.1, -0.05) is 6.92 Å². The van der Waals surface area contributed by atoms with Crippen molar-refractivity contribution in [3.05, 3.63) is 29.8 Å². The Morgan fingerprint density at radius 3 is 2.18 bits per heavy atom. The van der Waals surface area contributed by atoms with Crippen LogP contribution in [0.25, 0.3) is 0 Å². The molecule has 1 N–H and O–H groups in total. The Hall–Kier alpha value is -1.84. The molecular weight excluding hydrogens is 218 g/mol. The first-order chi connectivity index (χ1) is 7.91. The first-order valence-electron chi connectivity index (χ1n) is 5.45. The van der Waals surface area contributed by atoms with Crippen molar-refractivity contribution < 1.29 is 14.7 Å². The fourth-order valence-corrected chi connectivity index (χ4v) is 1.56. The summed E-state index contributed by atoms with van der Waals surface area (Å²) in [7, 11) is 3.84. The van der Waals surface area contributed by atoms with Gasteiger partial charge in [0.05, 0.1) is 6.42 Å². The van der Waals surface area contributed by atoms with Crippen molar-refractivity contribution in [1.29, 1.82) is 0 Å². The van der Waals surface area contributed by atoms with E-state index < -0.39 is 11.9 Å². The molecule has 0 spiro atoms. The topological polar surface area (TPSA) is 57.6 Å². The summed E-state index contributed by atoms with van der Waals surface area (Å²) in [4.78, 5) is 24.4. The Balaban J connectivity index is 2.79. The number of carboxylic acids is 1. The molecule has 1 atom stereocenters. The SMILES string of the molecule is C[C@H](CC(=O)O)C(=O)c1ccc(N(C)C)cc1. The summed E-state index contributed by atoms with van der Waals surface area (Å²) in [6.07, 6.45) is -0.131. The van der Waals surface area contributed by atoms with E-state index in [-0.39, 0.29) is 12.2 Å². The maximum absolute atomic E-state index is 11.9. The summed E-state index contributed by atoms with van der Waals surface area (Å²) in [5.74, 6) is -1.56. The summed E-state index contributed by atoms with van der Waals surface area (Å²) < 4.78 is 0. The fraction of sp³-hybridized carbons (Fsp3) is 0.385. The molecule has 0 bridgehead atoms. The number of anilines is 1. The van der Waals surface area contributed by atoms with Crippen LogP contribution in [0.15, 0.2) is 24.3 Å². The molecule has 17 heavy (non-hydrogen) atoms. The summed E-state index contributed by atoms with van der Waals surface area (Å²) in [6.45, 7) is 1.64. The Morgan fingerprint density at radius 2 is 1.76 bits per heavy atom. The summed E-state index contributed by atoms with van der Waals surface area (Å²) in [5.41, 5.74) is 1.57. The predicted molar refractivity (Wildman–Crippen MR) is 66.5 cm³/mol. The third-order valence-electron chi connectivity index (χ3n) is 2.60.